The molecule has 0 radical (unpaired) electrons. The van der Waals surface area contributed by atoms with E-state index in [2.05, 4.69) is 50.4 Å². The van der Waals surface area contributed by atoms with Crippen molar-refractivity contribution in [3.63, 3.8) is 0 Å². The normalized spacial score (nSPS) is 27.2. The number of rotatable bonds is 4. The first-order valence-electron chi connectivity index (χ1n) is 6.82. The average molecular weight is 242 g/mol. The van der Waals surface area contributed by atoms with Crippen molar-refractivity contribution in [3.8, 4) is 0 Å². The number of hydrogen-bond donors (Lipinski definition) is 0. The molecule has 1 heterocycles. The Balaban J connectivity index is 2.18. The van der Waals surface area contributed by atoms with Crippen LogP contribution >= 0.6 is 0 Å². The lowest BCUT2D eigenvalue weighted by molar-refractivity contribution is -0.0229. The molecule has 0 unspecified atom stereocenters. The molecule has 1 aliphatic rings. The lowest BCUT2D eigenvalue weighted by Gasteiger charge is -2.25. The van der Waals surface area contributed by atoms with Gasteiger partial charge in [0.15, 0.2) is 0 Å². The number of hydrogen-bond acceptors (Lipinski definition) is 1. The minimum absolute atomic E-state index is 0.164. The van der Waals surface area contributed by atoms with E-state index in [9.17, 15) is 0 Å². The molecule has 1 fully saturated rings. The standard InChI is InChI=1S/C17H22O/c1-4-6-12-17(3)15(5-2)13-16(18-17)14-10-8-7-9-11-14/h7-11,16H,2,4,6,12-13H2,1,3H3/t16-,17-/m0/s1. The quantitative estimate of drug-likeness (QED) is 0.688. The van der Waals surface area contributed by atoms with Crippen molar-refractivity contribution < 1.29 is 4.74 Å². The van der Waals surface area contributed by atoms with Crippen molar-refractivity contribution >= 4 is 0 Å². The fraction of sp³-hybridized carbons (Fsp3) is 0.471. The molecule has 18 heavy (non-hydrogen) atoms. The molecule has 1 aliphatic heterocycles. The molecule has 2 rings (SSSR count). The van der Waals surface area contributed by atoms with Crippen LogP contribution in [0.5, 0.6) is 0 Å². The second-order valence-corrected chi connectivity index (χ2v) is 5.21. The van der Waals surface area contributed by atoms with E-state index >= 15 is 0 Å². The minimum atomic E-state index is -0.168. The van der Waals surface area contributed by atoms with Crippen LogP contribution in [-0.4, -0.2) is 5.60 Å². The van der Waals surface area contributed by atoms with Crippen molar-refractivity contribution in [1.82, 2.24) is 0 Å². The predicted octanol–water partition coefficient (Wildman–Crippen LogP) is 4.81. The van der Waals surface area contributed by atoms with Gasteiger partial charge >= 0.3 is 0 Å². The van der Waals surface area contributed by atoms with Crippen LogP contribution in [0.15, 0.2) is 48.2 Å². The van der Waals surface area contributed by atoms with Gasteiger partial charge in [-0.3, -0.25) is 0 Å². The van der Waals surface area contributed by atoms with Crippen LogP contribution in [0.2, 0.25) is 0 Å². The molecule has 0 aliphatic carbocycles. The van der Waals surface area contributed by atoms with E-state index in [1.54, 1.807) is 0 Å². The topological polar surface area (TPSA) is 9.23 Å². The van der Waals surface area contributed by atoms with Gasteiger partial charge in [-0.25, -0.2) is 0 Å². The van der Waals surface area contributed by atoms with Gasteiger partial charge < -0.3 is 4.74 Å². The summed E-state index contributed by atoms with van der Waals surface area (Å²) in [5, 5.41) is 0. The molecule has 0 aromatic heterocycles. The van der Waals surface area contributed by atoms with Gasteiger partial charge in [0, 0.05) is 12.0 Å². The van der Waals surface area contributed by atoms with Gasteiger partial charge in [0.2, 0.25) is 0 Å². The van der Waals surface area contributed by atoms with Crippen molar-refractivity contribution in [2.75, 3.05) is 0 Å². The van der Waals surface area contributed by atoms with E-state index in [1.807, 2.05) is 6.07 Å². The lowest BCUT2D eigenvalue weighted by atomic mass is 9.90. The van der Waals surface area contributed by atoms with E-state index in [4.69, 9.17) is 4.74 Å². The Kier molecular flexibility index (Phi) is 4.06. The summed E-state index contributed by atoms with van der Waals surface area (Å²) in [6, 6.07) is 10.4. The molecular formula is C17H22O. The molecule has 1 aromatic carbocycles. The number of benzene rings is 1. The highest BCUT2D eigenvalue weighted by Gasteiger charge is 2.40. The maximum absolute atomic E-state index is 6.30. The van der Waals surface area contributed by atoms with Crippen LogP contribution in [0.3, 0.4) is 0 Å². The Morgan fingerprint density at radius 3 is 2.72 bits per heavy atom. The molecule has 0 saturated carbocycles. The number of ether oxygens (including phenoxy) is 1. The largest absolute Gasteiger partial charge is 0.362 e. The minimum Gasteiger partial charge on any atom is -0.362 e. The van der Waals surface area contributed by atoms with Gasteiger partial charge in [-0.2, -0.15) is 0 Å². The van der Waals surface area contributed by atoms with E-state index in [0.29, 0.717) is 0 Å². The maximum Gasteiger partial charge on any atom is 0.0946 e. The molecule has 1 aromatic rings. The van der Waals surface area contributed by atoms with Gasteiger partial charge in [-0.05, 0) is 18.9 Å². The Hall–Kier alpha value is -1.30. The highest BCUT2D eigenvalue weighted by Crippen LogP contribution is 2.45. The molecule has 2 atom stereocenters. The smallest absolute Gasteiger partial charge is 0.0946 e. The predicted molar refractivity (Wildman–Crippen MR) is 75.5 cm³/mol. The van der Waals surface area contributed by atoms with E-state index in [0.717, 1.165) is 12.8 Å². The summed E-state index contributed by atoms with van der Waals surface area (Å²) in [5.41, 5.74) is 5.42. The zero-order valence-corrected chi connectivity index (χ0v) is 11.4. The van der Waals surface area contributed by atoms with E-state index in [-0.39, 0.29) is 11.7 Å². The Morgan fingerprint density at radius 1 is 1.39 bits per heavy atom. The Morgan fingerprint density at radius 2 is 2.11 bits per heavy atom. The van der Waals surface area contributed by atoms with Gasteiger partial charge in [0.1, 0.15) is 0 Å². The molecule has 0 bridgehead atoms. The highest BCUT2D eigenvalue weighted by atomic mass is 16.5. The lowest BCUT2D eigenvalue weighted by Crippen LogP contribution is -2.25. The zero-order valence-electron chi connectivity index (χ0n) is 11.4. The molecule has 0 amide bonds. The van der Waals surface area contributed by atoms with Crippen LogP contribution in [-0.2, 0) is 4.74 Å². The third kappa shape index (κ3) is 2.58. The molecule has 1 nitrogen and oxygen atoms in total. The highest BCUT2D eigenvalue weighted by molar-refractivity contribution is 5.27. The summed E-state index contributed by atoms with van der Waals surface area (Å²) in [6.45, 7) is 8.22. The molecule has 0 spiro atoms. The van der Waals surface area contributed by atoms with Gasteiger partial charge in [0.25, 0.3) is 0 Å². The third-order valence-electron chi connectivity index (χ3n) is 3.82. The second-order valence-electron chi connectivity index (χ2n) is 5.21. The summed E-state index contributed by atoms with van der Waals surface area (Å²) >= 11 is 0. The molecule has 0 N–H and O–H groups in total. The van der Waals surface area contributed by atoms with Crippen molar-refractivity contribution in [1.29, 1.82) is 0 Å². The SMILES string of the molecule is C=C=C1C[C@@H](c2ccccc2)O[C@@]1(C)CCCC. The molecular weight excluding hydrogens is 220 g/mol. The summed E-state index contributed by atoms with van der Waals surface area (Å²) in [4.78, 5) is 0. The number of unbranched alkanes of at least 4 members (excludes halogenated alkanes) is 1. The first-order valence-corrected chi connectivity index (χ1v) is 6.82. The van der Waals surface area contributed by atoms with Gasteiger partial charge in [-0.1, -0.05) is 56.7 Å². The van der Waals surface area contributed by atoms with Gasteiger partial charge in [-0.15, -0.1) is 5.73 Å². The monoisotopic (exact) mass is 242 g/mol. The Bertz CT molecular complexity index is 442. The van der Waals surface area contributed by atoms with Crippen molar-refractivity contribution in [2.45, 2.75) is 51.2 Å². The van der Waals surface area contributed by atoms with Crippen LogP contribution in [0.4, 0.5) is 0 Å². The molecule has 96 valence electrons. The van der Waals surface area contributed by atoms with Crippen molar-refractivity contribution in [2.24, 2.45) is 0 Å². The molecule has 1 saturated heterocycles. The first-order chi connectivity index (χ1) is 8.69. The molecule has 1 heteroatoms. The fourth-order valence-electron chi connectivity index (χ4n) is 2.66. The van der Waals surface area contributed by atoms with Crippen LogP contribution in [0.1, 0.15) is 51.2 Å². The van der Waals surface area contributed by atoms with Crippen molar-refractivity contribution in [3.05, 3.63) is 53.8 Å². The summed E-state index contributed by atoms with van der Waals surface area (Å²) < 4.78 is 6.30. The average Bonchev–Trinajstić information content (AvgIpc) is 2.75. The first kappa shape index (κ1) is 13.1. The fourth-order valence-corrected chi connectivity index (χ4v) is 2.66. The van der Waals surface area contributed by atoms with Crippen LogP contribution < -0.4 is 0 Å². The summed E-state index contributed by atoms with van der Waals surface area (Å²) in [5.74, 6) is 0. The van der Waals surface area contributed by atoms with Crippen LogP contribution in [0.25, 0.3) is 0 Å². The third-order valence-corrected chi connectivity index (χ3v) is 3.82. The van der Waals surface area contributed by atoms with Crippen LogP contribution in [0, 0.1) is 0 Å². The van der Waals surface area contributed by atoms with E-state index < -0.39 is 0 Å². The van der Waals surface area contributed by atoms with Gasteiger partial charge in [0.05, 0.1) is 11.7 Å². The van der Waals surface area contributed by atoms with E-state index in [1.165, 1.54) is 24.0 Å². The summed E-state index contributed by atoms with van der Waals surface area (Å²) in [6.07, 6.45) is 4.53. The Labute approximate surface area is 110 Å². The zero-order chi connectivity index (χ0) is 13.0. The maximum atomic E-state index is 6.30. The second kappa shape index (κ2) is 5.56. The summed E-state index contributed by atoms with van der Waals surface area (Å²) in [7, 11) is 0.